The molecule has 24 heavy (non-hydrogen) atoms. The molecule has 0 atom stereocenters. The normalized spacial score (nSPS) is 10.9. The first-order valence-corrected chi connectivity index (χ1v) is 8.91. The first-order valence-electron chi connectivity index (χ1n) is 6.64. The van der Waals surface area contributed by atoms with E-state index in [0.717, 1.165) is 6.26 Å². The van der Waals surface area contributed by atoms with Crippen LogP contribution in [0.3, 0.4) is 0 Å². The molecular formula is C15H13ClN2O5S. The maximum atomic E-state index is 12.0. The molecule has 0 aliphatic carbocycles. The number of benzene rings is 1. The van der Waals surface area contributed by atoms with E-state index in [4.69, 9.17) is 16.3 Å². The molecule has 0 saturated heterocycles. The van der Waals surface area contributed by atoms with Gasteiger partial charge in [0, 0.05) is 17.4 Å². The van der Waals surface area contributed by atoms with Gasteiger partial charge >= 0.3 is 5.97 Å². The summed E-state index contributed by atoms with van der Waals surface area (Å²) in [5.41, 5.74) is 0.800. The highest BCUT2D eigenvalue weighted by molar-refractivity contribution is 7.92. The second-order valence-corrected chi connectivity index (χ2v) is 6.96. The summed E-state index contributed by atoms with van der Waals surface area (Å²) < 4.78 is 29.4. The Hall–Kier alpha value is -2.45. The smallest absolute Gasteiger partial charge is 0.340 e. The fraction of sp³-hybridized carbons (Fsp3) is 0.133. The molecule has 0 spiro atoms. The first kappa shape index (κ1) is 17.9. The SMILES string of the molecule is CS(=O)(=O)Nc1ccc(C(=O)COC(=O)c2ccc(Cl)nc2)cc1. The quantitative estimate of drug-likeness (QED) is 0.476. The molecule has 1 N–H and O–H groups in total. The lowest BCUT2D eigenvalue weighted by Gasteiger charge is -2.06. The number of carbonyl (C=O) groups excluding carboxylic acids is 2. The summed E-state index contributed by atoms with van der Waals surface area (Å²) in [6.45, 7) is -0.444. The highest BCUT2D eigenvalue weighted by Crippen LogP contribution is 2.12. The number of Topliss-reactive ketones (excluding diaryl/α,β-unsaturated/α-hetero) is 1. The van der Waals surface area contributed by atoms with E-state index in [2.05, 4.69) is 9.71 Å². The molecule has 2 rings (SSSR count). The summed E-state index contributed by atoms with van der Waals surface area (Å²) in [5, 5.41) is 0.241. The number of nitrogens with zero attached hydrogens (tertiary/aromatic N) is 1. The van der Waals surface area contributed by atoms with Crippen molar-refractivity contribution in [2.45, 2.75) is 0 Å². The van der Waals surface area contributed by atoms with Gasteiger partial charge in [0.15, 0.2) is 12.4 Å². The van der Waals surface area contributed by atoms with Crippen LogP contribution in [0.1, 0.15) is 20.7 Å². The Morgan fingerprint density at radius 3 is 2.29 bits per heavy atom. The van der Waals surface area contributed by atoms with Gasteiger partial charge in [-0.1, -0.05) is 11.6 Å². The van der Waals surface area contributed by atoms with Crippen molar-refractivity contribution in [2.24, 2.45) is 0 Å². The number of anilines is 1. The number of esters is 1. The van der Waals surface area contributed by atoms with Gasteiger partial charge < -0.3 is 4.74 Å². The van der Waals surface area contributed by atoms with Crippen LogP contribution in [-0.2, 0) is 14.8 Å². The van der Waals surface area contributed by atoms with Crippen LogP contribution >= 0.6 is 11.6 Å². The third-order valence-corrected chi connectivity index (χ3v) is 3.64. The van der Waals surface area contributed by atoms with Crippen molar-refractivity contribution in [2.75, 3.05) is 17.6 Å². The molecule has 7 nitrogen and oxygen atoms in total. The van der Waals surface area contributed by atoms with E-state index in [9.17, 15) is 18.0 Å². The maximum Gasteiger partial charge on any atom is 0.340 e. The molecule has 0 aliphatic heterocycles. The number of carbonyl (C=O) groups is 2. The van der Waals surface area contributed by atoms with Crippen LogP contribution in [0.15, 0.2) is 42.6 Å². The minimum absolute atomic E-state index is 0.180. The minimum atomic E-state index is -3.39. The lowest BCUT2D eigenvalue weighted by molar-refractivity contribution is 0.0474. The predicted octanol–water partition coefficient (Wildman–Crippen LogP) is 2.15. The fourth-order valence-corrected chi connectivity index (χ4v) is 2.41. The number of rotatable bonds is 6. The fourth-order valence-electron chi connectivity index (χ4n) is 1.73. The van der Waals surface area contributed by atoms with E-state index in [1.54, 1.807) is 0 Å². The Kier molecular flexibility index (Phi) is 5.53. The van der Waals surface area contributed by atoms with Gasteiger partial charge in [0.2, 0.25) is 10.0 Å². The monoisotopic (exact) mass is 368 g/mol. The number of sulfonamides is 1. The van der Waals surface area contributed by atoms with Crippen molar-refractivity contribution in [3.63, 3.8) is 0 Å². The van der Waals surface area contributed by atoms with Gasteiger partial charge in [-0.2, -0.15) is 0 Å². The van der Waals surface area contributed by atoms with Crippen LogP contribution < -0.4 is 4.72 Å². The molecule has 2 aromatic rings. The number of hydrogen-bond acceptors (Lipinski definition) is 6. The van der Waals surface area contributed by atoms with Crippen molar-refractivity contribution in [1.82, 2.24) is 4.98 Å². The Labute approximate surface area is 143 Å². The van der Waals surface area contributed by atoms with Crippen LogP contribution in [0.2, 0.25) is 5.15 Å². The zero-order valence-electron chi connectivity index (χ0n) is 12.5. The van der Waals surface area contributed by atoms with Gasteiger partial charge in [-0.05, 0) is 36.4 Å². The van der Waals surface area contributed by atoms with Crippen molar-refractivity contribution in [3.8, 4) is 0 Å². The lowest BCUT2D eigenvalue weighted by atomic mass is 10.1. The van der Waals surface area contributed by atoms with Crippen LogP contribution in [0.5, 0.6) is 0 Å². The van der Waals surface area contributed by atoms with E-state index >= 15 is 0 Å². The van der Waals surface area contributed by atoms with E-state index in [-0.39, 0.29) is 16.3 Å². The van der Waals surface area contributed by atoms with Crippen molar-refractivity contribution in [1.29, 1.82) is 0 Å². The third kappa shape index (κ3) is 5.32. The van der Waals surface area contributed by atoms with Gasteiger partial charge in [-0.15, -0.1) is 0 Å². The molecule has 1 aromatic heterocycles. The average molecular weight is 369 g/mol. The first-order chi connectivity index (χ1) is 11.2. The van der Waals surface area contributed by atoms with E-state index in [1.807, 2.05) is 0 Å². The van der Waals surface area contributed by atoms with Crippen molar-refractivity contribution < 1.29 is 22.7 Å². The number of nitrogens with one attached hydrogen (secondary N) is 1. The van der Waals surface area contributed by atoms with Gasteiger partial charge in [-0.3, -0.25) is 9.52 Å². The molecule has 0 radical (unpaired) electrons. The predicted molar refractivity (Wildman–Crippen MR) is 88.8 cm³/mol. The van der Waals surface area contributed by atoms with Crippen molar-refractivity contribution >= 4 is 39.1 Å². The van der Waals surface area contributed by atoms with Gasteiger partial charge in [0.05, 0.1) is 11.8 Å². The summed E-state index contributed by atoms with van der Waals surface area (Å²) in [6.07, 6.45) is 2.28. The maximum absolute atomic E-state index is 12.0. The Morgan fingerprint density at radius 1 is 1.12 bits per heavy atom. The third-order valence-electron chi connectivity index (χ3n) is 2.81. The molecule has 0 unspecified atom stereocenters. The Balaban J connectivity index is 1.95. The van der Waals surface area contributed by atoms with Crippen LogP contribution in [0, 0.1) is 0 Å². The lowest BCUT2D eigenvalue weighted by Crippen LogP contribution is -2.14. The Bertz CT molecular complexity index is 848. The average Bonchev–Trinajstić information content (AvgIpc) is 2.52. The van der Waals surface area contributed by atoms with E-state index < -0.39 is 28.4 Å². The zero-order chi connectivity index (χ0) is 17.7. The van der Waals surface area contributed by atoms with Crippen LogP contribution in [0.4, 0.5) is 5.69 Å². The van der Waals surface area contributed by atoms with E-state index in [1.165, 1.54) is 42.6 Å². The second kappa shape index (κ2) is 7.41. The van der Waals surface area contributed by atoms with Crippen LogP contribution in [-0.4, -0.2) is 38.0 Å². The topological polar surface area (TPSA) is 102 Å². The number of ether oxygens (including phenoxy) is 1. The van der Waals surface area contributed by atoms with Crippen molar-refractivity contribution in [3.05, 3.63) is 58.9 Å². The number of aromatic nitrogens is 1. The molecule has 0 aliphatic rings. The minimum Gasteiger partial charge on any atom is -0.454 e. The molecule has 0 bridgehead atoms. The molecule has 9 heteroatoms. The summed E-state index contributed by atoms with van der Waals surface area (Å²) in [5.74, 6) is -1.11. The zero-order valence-corrected chi connectivity index (χ0v) is 14.1. The molecular weight excluding hydrogens is 356 g/mol. The molecule has 0 amide bonds. The van der Waals surface area contributed by atoms with Gasteiger partial charge in [0.25, 0.3) is 0 Å². The van der Waals surface area contributed by atoms with Crippen LogP contribution in [0.25, 0.3) is 0 Å². The van der Waals surface area contributed by atoms with Gasteiger partial charge in [-0.25, -0.2) is 18.2 Å². The van der Waals surface area contributed by atoms with E-state index in [0.29, 0.717) is 5.69 Å². The molecule has 0 saturated carbocycles. The highest BCUT2D eigenvalue weighted by Gasteiger charge is 2.12. The number of pyridine rings is 1. The number of halogens is 1. The second-order valence-electron chi connectivity index (χ2n) is 4.82. The number of hydrogen-bond donors (Lipinski definition) is 1. The number of ketones is 1. The molecule has 126 valence electrons. The summed E-state index contributed by atoms with van der Waals surface area (Å²) in [7, 11) is -3.39. The summed E-state index contributed by atoms with van der Waals surface area (Å²) in [6, 6.07) is 8.64. The summed E-state index contributed by atoms with van der Waals surface area (Å²) >= 11 is 5.62. The highest BCUT2D eigenvalue weighted by atomic mass is 35.5. The van der Waals surface area contributed by atoms with Gasteiger partial charge in [0.1, 0.15) is 5.15 Å². The molecule has 1 heterocycles. The molecule has 0 fully saturated rings. The molecule has 1 aromatic carbocycles. The Morgan fingerprint density at radius 2 is 1.75 bits per heavy atom. The summed E-state index contributed by atoms with van der Waals surface area (Å²) in [4.78, 5) is 27.5. The standard InChI is InChI=1S/C15H13ClN2O5S/c1-24(21,22)18-12-5-2-10(3-6-12)13(19)9-23-15(20)11-4-7-14(16)17-8-11/h2-8,18H,9H2,1H3. The largest absolute Gasteiger partial charge is 0.454 e.